The summed E-state index contributed by atoms with van der Waals surface area (Å²) in [4.78, 5) is 9.58. The maximum absolute atomic E-state index is 6.30. The number of benzene rings is 1. The molecule has 4 rings (SSSR count). The van der Waals surface area contributed by atoms with Crippen molar-refractivity contribution >= 4 is 0 Å². The number of hydrogen-bond donors (Lipinski definition) is 0. The van der Waals surface area contributed by atoms with E-state index >= 15 is 0 Å². The SMILES string of the molecule is c1ccc(CN2CCOC3(CCN(CCc4ccccn4)CC3)C2)cc1. The van der Waals surface area contributed by atoms with Crippen LogP contribution < -0.4 is 0 Å². The molecule has 2 aliphatic rings. The quantitative estimate of drug-likeness (QED) is 0.828. The molecule has 2 fully saturated rings. The van der Waals surface area contributed by atoms with Crippen LogP contribution in [0.15, 0.2) is 54.7 Å². The number of nitrogens with zero attached hydrogens (tertiary/aromatic N) is 3. The first kappa shape index (κ1) is 17.7. The van der Waals surface area contributed by atoms with E-state index in [4.69, 9.17) is 4.74 Å². The Morgan fingerprint density at radius 3 is 2.50 bits per heavy atom. The monoisotopic (exact) mass is 351 g/mol. The molecule has 0 saturated carbocycles. The molecule has 2 aromatic rings. The van der Waals surface area contributed by atoms with Gasteiger partial charge in [0.1, 0.15) is 0 Å². The predicted octanol–water partition coefficient (Wildman–Crippen LogP) is 2.99. The molecule has 0 bridgehead atoms. The fraction of sp³-hybridized carbons (Fsp3) is 0.500. The van der Waals surface area contributed by atoms with E-state index in [-0.39, 0.29) is 5.60 Å². The van der Waals surface area contributed by atoms with Gasteiger partial charge in [-0.25, -0.2) is 0 Å². The third-order valence-electron chi connectivity index (χ3n) is 5.75. The van der Waals surface area contributed by atoms with E-state index in [2.05, 4.69) is 57.2 Å². The Morgan fingerprint density at radius 1 is 0.923 bits per heavy atom. The molecule has 2 saturated heterocycles. The summed E-state index contributed by atoms with van der Waals surface area (Å²) in [7, 11) is 0. The van der Waals surface area contributed by atoms with Gasteiger partial charge in [0.15, 0.2) is 0 Å². The Bertz CT molecular complexity index is 668. The molecule has 0 radical (unpaired) electrons. The number of likely N-dealkylation sites (tertiary alicyclic amines) is 1. The minimum atomic E-state index is 0.0640. The molecule has 4 heteroatoms. The van der Waals surface area contributed by atoms with E-state index in [1.807, 2.05) is 12.3 Å². The van der Waals surface area contributed by atoms with Gasteiger partial charge < -0.3 is 9.64 Å². The lowest BCUT2D eigenvalue weighted by Gasteiger charge is -2.47. The van der Waals surface area contributed by atoms with Gasteiger partial charge in [-0.15, -0.1) is 0 Å². The average molecular weight is 351 g/mol. The zero-order chi connectivity index (χ0) is 17.7. The summed E-state index contributed by atoms with van der Waals surface area (Å²) in [6.45, 7) is 7.37. The van der Waals surface area contributed by atoms with Gasteiger partial charge in [0, 0.05) is 57.6 Å². The molecular formula is C22H29N3O. The van der Waals surface area contributed by atoms with Crippen LogP contribution in [0.25, 0.3) is 0 Å². The molecule has 2 aliphatic heterocycles. The highest BCUT2D eigenvalue weighted by molar-refractivity contribution is 5.14. The van der Waals surface area contributed by atoms with Crippen molar-refractivity contribution in [2.24, 2.45) is 0 Å². The standard InChI is InChI=1S/C22H29N3O/c1-2-6-20(7-3-1)18-25-16-17-26-22(19-25)10-14-24(15-11-22)13-9-21-8-4-5-12-23-21/h1-8,12H,9-11,13-19H2. The zero-order valence-electron chi connectivity index (χ0n) is 15.5. The van der Waals surface area contributed by atoms with Gasteiger partial charge in [-0.05, 0) is 30.5 Å². The molecule has 0 atom stereocenters. The predicted molar refractivity (Wildman–Crippen MR) is 104 cm³/mol. The topological polar surface area (TPSA) is 28.6 Å². The van der Waals surface area contributed by atoms with Crippen LogP contribution in [-0.2, 0) is 17.7 Å². The molecule has 0 unspecified atom stereocenters. The summed E-state index contributed by atoms with van der Waals surface area (Å²) in [5.41, 5.74) is 2.65. The highest BCUT2D eigenvalue weighted by atomic mass is 16.5. The van der Waals surface area contributed by atoms with Crippen LogP contribution in [-0.4, -0.2) is 59.7 Å². The number of aromatic nitrogens is 1. The summed E-state index contributed by atoms with van der Waals surface area (Å²) >= 11 is 0. The average Bonchev–Trinajstić information content (AvgIpc) is 2.69. The first-order chi connectivity index (χ1) is 12.8. The van der Waals surface area contributed by atoms with Gasteiger partial charge in [0.2, 0.25) is 0 Å². The Balaban J connectivity index is 1.27. The summed E-state index contributed by atoms with van der Waals surface area (Å²) in [5.74, 6) is 0. The fourth-order valence-corrected chi connectivity index (χ4v) is 4.21. The second-order valence-corrected chi connectivity index (χ2v) is 7.64. The maximum atomic E-state index is 6.30. The van der Waals surface area contributed by atoms with Crippen molar-refractivity contribution < 1.29 is 4.74 Å². The molecule has 1 aromatic heterocycles. The Hall–Kier alpha value is -1.75. The van der Waals surface area contributed by atoms with E-state index in [0.29, 0.717) is 0 Å². The highest BCUT2D eigenvalue weighted by Gasteiger charge is 2.39. The van der Waals surface area contributed by atoms with Crippen LogP contribution >= 0.6 is 0 Å². The van der Waals surface area contributed by atoms with E-state index in [9.17, 15) is 0 Å². The molecule has 1 aromatic carbocycles. The van der Waals surface area contributed by atoms with Gasteiger partial charge in [-0.1, -0.05) is 36.4 Å². The van der Waals surface area contributed by atoms with Crippen LogP contribution in [0.2, 0.25) is 0 Å². The molecule has 4 nitrogen and oxygen atoms in total. The summed E-state index contributed by atoms with van der Waals surface area (Å²) in [6.07, 6.45) is 5.20. The number of piperidine rings is 1. The highest BCUT2D eigenvalue weighted by Crippen LogP contribution is 2.30. The molecule has 0 N–H and O–H groups in total. The first-order valence-electron chi connectivity index (χ1n) is 9.84. The molecule has 138 valence electrons. The van der Waals surface area contributed by atoms with Gasteiger partial charge in [-0.2, -0.15) is 0 Å². The van der Waals surface area contributed by atoms with Gasteiger partial charge in [0.05, 0.1) is 12.2 Å². The van der Waals surface area contributed by atoms with E-state index < -0.39 is 0 Å². The Kier molecular flexibility index (Phi) is 5.63. The lowest BCUT2D eigenvalue weighted by Crippen LogP contribution is -2.56. The van der Waals surface area contributed by atoms with Crippen LogP contribution in [0.3, 0.4) is 0 Å². The smallest absolute Gasteiger partial charge is 0.0833 e. The van der Waals surface area contributed by atoms with Crippen LogP contribution in [0, 0.1) is 0 Å². The molecular weight excluding hydrogens is 322 g/mol. The first-order valence-corrected chi connectivity index (χ1v) is 9.84. The molecule has 1 spiro atoms. The third-order valence-corrected chi connectivity index (χ3v) is 5.75. The van der Waals surface area contributed by atoms with Crippen molar-refractivity contribution in [1.82, 2.24) is 14.8 Å². The van der Waals surface area contributed by atoms with Gasteiger partial charge in [0.25, 0.3) is 0 Å². The Morgan fingerprint density at radius 2 is 1.73 bits per heavy atom. The second-order valence-electron chi connectivity index (χ2n) is 7.64. The number of ether oxygens (including phenoxy) is 1. The van der Waals surface area contributed by atoms with Crippen molar-refractivity contribution in [2.45, 2.75) is 31.4 Å². The van der Waals surface area contributed by atoms with Crippen molar-refractivity contribution in [3.8, 4) is 0 Å². The number of rotatable bonds is 5. The summed E-state index contributed by atoms with van der Waals surface area (Å²) < 4.78 is 6.30. The number of hydrogen-bond acceptors (Lipinski definition) is 4. The lowest BCUT2D eigenvalue weighted by atomic mass is 9.89. The van der Waals surface area contributed by atoms with Gasteiger partial charge in [-0.3, -0.25) is 9.88 Å². The van der Waals surface area contributed by atoms with E-state index in [0.717, 1.165) is 65.1 Å². The minimum Gasteiger partial charge on any atom is -0.372 e. The second kappa shape index (κ2) is 8.30. The van der Waals surface area contributed by atoms with Crippen molar-refractivity contribution in [3.05, 3.63) is 66.0 Å². The zero-order valence-corrected chi connectivity index (χ0v) is 15.5. The molecule has 0 amide bonds. The van der Waals surface area contributed by atoms with Crippen molar-refractivity contribution in [2.75, 3.05) is 39.3 Å². The van der Waals surface area contributed by atoms with Crippen LogP contribution in [0.4, 0.5) is 0 Å². The minimum absolute atomic E-state index is 0.0640. The molecule has 26 heavy (non-hydrogen) atoms. The summed E-state index contributed by atoms with van der Waals surface area (Å²) in [5, 5.41) is 0. The summed E-state index contributed by atoms with van der Waals surface area (Å²) in [6, 6.07) is 17.0. The molecule has 3 heterocycles. The normalized spacial score (nSPS) is 21.1. The molecule has 0 aliphatic carbocycles. The van der Waals surface area contributed by atoms with E-state index in [1.54, 1.807) is 0 Å². The fourth-order valence-electron chi connectivity index (χ4n) is 4.21. The largest absolute Gasteiger partial charge is 0.372 e. The Labute approximate surface area is 156 Å². The van der Waals surface area contributed by atoms with Crippen molar-refractivity contribution in [3.63, 3.8) is 0 Å². The maximum Gasteiger partial charge on any atom is 0.0833 e. The van der Waals surface area contributed by atoms with E-state index in [1.165, 1.54) is 11.3 Å². The van der Waals surface area contributed by atoms with Crippen molar-refractivity contribution in [1.29, 1.82) is 0 Å². The van der Waals surface area contributed by atoms with Crippen LogP contribution in [0.1, 0.15) is 24.1 Å². The number of pyridine rings is 1. The number of morpholine rings is 1. The lowest BCUT2D eigenvalue weighted by molar-refractivity contribution is -0.137. The van der Waals surface area contributed by atoms with Gasteiger partial charge >= 0.3 is 0 Å². The van der Waals surface area contributed by atoms with Crippen LogP contribution in [0.5, 0.6) is 0 Å². The third kappa shape index (κ3) is 4.50.